The molecular formula is C10H10N2O2. The van der Waals surface area contributed by atoms with E-state index in [9.17, 15) is 5.11 Å². The fourth-order valence-corrected chi connectivity index (χ4v) is 1.27. The van der Waals surface area contributed by atoms with Crippen LogP contribution >= 0.6 is 0 Å². The number of aliphatic hydroxyl groups excluding tert-OH is 1. The summed E-state index contributed by atoms with van der Waals surface area (Å²) in [4.78, 5) is 7.86. The largest absolute Gasteiger partial charge is 0.466 e. The first-order valence-electron chi connectivity index (χ1n) is 4.27. The Kier molecular flexibility index (Phi) is 2.28. The van der Waals surface area contributed by atoms with E-state index in [4.69, 9.17) is 4.42 Å². The highest BCUT2D eigenvalue weighted by atomic mass is 16.4. The predicted octanol–water partition coefficient (Wildman–Crippen LogP) is 1.46. The molecule has 72 valence electrons. The van der Waals surface area contributed by atoms with Crippen LogP contribution in [0.4, 0.5) is 0 Å². The normalized spacial score (nSPS) is 12.7. The molecule has 0 fully saturated rings. The van der Waals surface area contributed by atoms with E-state index in [1.54, 1.807) is 18.3 Å². The van der Waals surface area contributed by atoms with E-state index in [1.165, 1.54) is 12.6 Å². The van der Waals surface area contributed by atoms with Crippen LogP contribution in [0.1, 0.15) is 23.1 Å². The van der Waals surface area contributed by atoms with Gasteiger partial charge >= 0.3 is 0 Å². The van der Waals surface area contributed by atoms with Crippen LogP contribution in [0.25, 0.3) is 0 Å². The van der Waals surface area contributed by atoms with Gasteiger partial charge in [0.15, 0.2) is 0 Å². The van der Waals surface area contributed by atoms with Gasteiger partial charge in [-0.05, 0) is 19.1 Å². The van der Waals surface area contributed by atoms with Crippen molar-refractivity contribution in [2.75, 3.05) is 0 Å². The molecule has 0 spiro atoms. The molecule has 0 aromatic carbocycles. The molecule has 2 heterocycles. The zero-order valence-corrected chi connectivity index (χ0v) is 7.71. The Labute approximate surface area is 81.2 Å². The van der Waals surface area contributed by atoms with Gasteiger partial charge in [-0.25, -0.2) is 9.97 Å². The Morgan fingerprint density at radius 1 is 1.50 bits per heavy atom. The third-order valence-electron chi connectivity index (χ3n) is 2.06. The van der Waals surface area contributed by atoms with Crippen LogP contribution in [0.3, 0.4) is 0 Å². The number of hydrogen-bond donors (Lipinski definition) is 1. The summed E-state index contributed by atoms with van der Waals surface area (Å²) in [6.45, 7) is 1.82. The fourth-order valence-electron chi connectivity index (χ4n) is 1.27. The minimum absolute atomic E-state index is 0.503. The van der Waals surface area contributed by atoms with Gasteiger partial charge in [0.05, 0.1) is 6.26 Å². The molecule has 0 bridgehead atoms. The Morgan fingerprint density at radius 2 is 2.36 bits per heavy atom. The van der Waals surface area contributed by atoms with Gasteiger partial charge in [0.25, 0.3) is 0 Å². The van der Waals surface area contributed by atoms with Crippen molar-refractivity contribution < 1.29 is 9.52 Å². The van der Waals surface area contributed by atoms with Crippen molar-refractivity contribution in [1.82, 2.24) is 9.97 Å². The van der Waals surface area contributed by atoms with Gasteiger partial charge in [0.1, 0.15) is 18.2 Å². The second-order valence-corrected chi connectivity index (χ2v) is 2.98. The van der Waals surface area contributed by atoms with Gasteiger partial charge in [0, 0.05) is 17.5 Å². The van der Waals surface area contributed by atoms with E-state index in [1.807, 2.05) is 6.92 Å². The van der Waals surface area contributed by atoms with Gasteiger partial charge < -0.3 is 9.52 Å². The van der Waals surface area contributed by atoms with Crippen LogP contribution in [0.15, 0.2) is 35.3 Å². The second kappa shape index (κ2) is 3.59. The summed E-state index contributed by atoms with van der Waals surface area (Å²) in [5.74, 6) is 0.503. The van der Waals surface area contributed by atoms with Gasteiger partial charge in [0.2, 0.25) is 0 Å². The van der Waals surface area contributed by atoms with Crippen LogP contribution in [0.2, 0.25) is 0 Å². The third-order valence-corrected chi connectivity index (χ3v) is 2.06. The topological polar surface area (TPSA) is 59.2 Å². The van der Waals surface area contributed by atoms with Gasteiger partial charge in [-0.2, -0.15) is 0 Å². The van der Waals surface area contributed by atoms with Gasteiger partial charge in [-0.1, -0.05) is 0 Å². The van der Waals surface area contributed by atoms with E-state index >= 15 is 0 Å². The van der Waals surface area contributed by atoms with E-state index in [0.29, 0.717) is 11.3 Å². The van der Waals surface area contributed by atoms with E-state index < -0.39 is 6.10 Å². The zero-order chi connectivity index (χ0) is 9.97. The van der Waals surface area contributed by atoms with Crippen LogP contribution < -0.4 is 0 Å². The number of aromatic nitrogens is 2. The summed E-state index contributed by atoms with van der Waals surface area (Å²) in [6.07, 6.45) is 3.78. The van der Waals surface area contributed by atoms with Crippen molar-refractivity contribution in [3.8, 4) is 0 Å². The molecule has 2 aromatic heterocycles. The Hall–Kier alpha value is -1.68. The number of aliphatic hydroxyl groups is 1. The molecule has 0 aliphatic rings. The smallest absolute Gasteiger partial charge is 0.140 e. The van der Waals surface area contributed by atoms with E-state index in [2.05, 4.69) is 9.97 Å². The Morgan fingerprint density at radius 3 is 3.00 bits per heavy atom. The lowest BCUT2D eigenvalue weighted by atomic mass is 10.1. The maximum atomic E-state index is 9.89. The minimum atomic E-state index is -0.786. The van der Waals surface area contributed by atoms with Gasteiger partial charge in [-0.15, -0.1) is 0 Å². The van der Waals surface area contributed by atoms with Crippen LogP contribution in [-0.2, 0) is 0 Å². The highest BCUT2D eigenvalue weighted by Gasteiger charge is 2.15. The molecule has 0 amide bonds. The molecular weight excluding hydrogens is 180 g/mol. The number of aryl methyl sites for hydroxylation is 1. The average molecular weight is 190 g/mol. The molecule has 0 aliphatic heterocycles. The molecule has 1 N–H and O–H groups in total. The second-order valence-electron chi connectivity index (χ2n) is 2.98. The van der Waals surface area contributed by atoms with Crippen LogP contribution in [0.5, 0.6) is 0 Å². The highest BCUT2D eigenvalue weighted by molar-refractivity contribution is 5.24. The fraction of sp³-hybridized carbons (Fsp3) is 0.200. The van der Waals surface area contributed by atoms with Crippen molar-refractivity contribution in [3.63, 3.8) is 0 Å². The molecule has 2 rings (SSSR count). The maximum Gasteiger partial charge on any atom is 0.140 e. The Balaban J connectivity index is 2.37. The zero-order valence-electron chi connectivity index (χ0n) is 7.71. The van der Waals surface area contributed by atoms with Crippen molar-refractivity contribution in [3.05, 3.63) is 47.9 Å². The molecule has 0 radical (unpaired) electrons. The molecule has 0 aliphatic carbocycles. The van der Waals surface area contributed by atoms with Crippen molar-refractivity contribution in [1.29, 1.82) is 0 Å². The molecule has 0 saturated carbocycles. The lowest BCUT2D eigenvalue weighted by Crippen LogP contribution is -2.02. The van der Waals surface area contributed by atoms with Crippen molar-refractivity contribution in [2.45, 2.75) is 13.0 Å². The summed E-state index contributed by atoms with van der Waals surface area (Å²) in [5.41, 5.74) is 1.42. The molecule has 4 heteroatoms. The summed E-state index contributed by atoms with van der Waals surface area (Å²) in [6, 6.07) is 3.45. The summed E-state index contributed by atoms with van der Waals surface area (Å²) >= 11 is 0. The standard InChI is InChI=1S/C10H10N2O2/c1-7-8(5-11-6-12-7)10(13)9-3-2-4-14-9/h2-6,10,13H,1H3. The molecule has 0 saturated heterocycles. The lowest BCUT2D eigenvalue weighted by Gasteiger charge is -2.08. The summed E-state index contributed by atoms with van der Waals surface area (Å²) < 4.78 is 5.10. The molecule has 14 heavy (non-hydrogen) atoms. The van der Waals surface area contributed by atoms with E-state index in [0.717, 1.165) is 5.69 Å². The molecule has 4 nitrogen and oxygen atoms in total. The number of rotatable bonds is 2. The first-order chi connectivity index (χ1) is 6.79. The maximum absolute atomic E-state index is 9.89. The summed E-state index contributed by atoms with van der Waals surface area (Å²) in [7, 11) is 0. The number of furan rings is 1. The number of nitrogens with zero attached hydrogens (tertiary/aromatic N) is 2. The average Bonchev–Trinajstić information content (AvgIpc) is 2.70. The van der Waals surface area contributed by atoms with Gasteiger partial charge in [-0.3, -0.25) is 0 Å². The molecule has 1 unspecified atom stereocenters. The highest BCUT2D eigenvalue weighted by Crippen LogP contribution is 2.22. The Bertz CT molecular complexity index is 412. The quantitative estimate of drug-likeness (QED) is 0.778. The monoisotopic (exact) mass is 190 g/mol. The van der Waals surface area contributed by atoms with E-state index in [-0.39, 0.29) is 0 Å². The first kappa shape index (κ1) is 8.90. The summed E-state index contributed by atoms with van der Waals surface area (Å²) in [5, 5.41) is 9.89. The third kappa shape index (κ3) is 1.52. The van der Waals surface area contributed by atoms with Crippen LogP contribution in [-0.4, -0.2) is 15.1 Å². The minimum Gasteiger partial charge on any atom is -0.466 e. The first-order valence-corrected chi connectivity index (χ1v) is 4.27. The van der Waals surface area contributed by atoms with Crippen LogP contribution in [0, 0.1) is 6.92 Å². The van der Waals surface area contributed by atoms with Crippen molar-refractivity contribution >= 4 is 0 Å². The number of hydrogen-bond acceptors (Lipinski definition) is 4. The molecule has 2 aromatic rings. The molecule has 1 atom stereocenters. The SMILES string of the molecule is Cc1ncncc1C(O)c1ccco1. The van der Waals surface area contributed by atoms with Crippen molar-refractivity contribution in [2.24, 2.45) is 0 Å². The predicted molar refractivity (Wildman–Crippen MR) is 49.5 cm³/mol. The lowest BCUT2D eigenvalue weighted by molar-refractivity contribution is 0.187.